The van der Waals surface area contributed by atoms with Gasteiger partial charge in [-0.2, -0.15) is 11.8 Å². The summed E-state index contributed by atoms with van der Waals surface area (Å²) in [5.41, 5.74) is -0.606. The van der Waals surface area contributed by atoms with E-state index in [2.05, 4.69) is 4.90 Å². The highest BCUT2D eigenvalue weighted by atomic mass is 32.2. The Bertz CT molecular complexity index is 351. The molecular formula is C13H21NO3S. The number of ether oxygens (including phenoxy) is 1. The van der Waals surface area contributed by atoms with E-state index in [9.17, 15) is 9.59 Å². The number of carbonyl (C=O) groups excluding carboxylic acids is 2. The quantitative estimate of drug-likeness (QED) is 0.722. The first-order chi connectivity index (χ1) is 8.39. The number of carbonyl (C=O) groups is 2. The van der Waals surface area contributed by atoms with Crippen molar-refractivity contribution in [2.75, 3.05) is 37.7 Å². The molecule has 5 heteroatoms. The molecule has 2 aliphatic heterocycles. The number of hydrogen-bond acceptors (Lipinski definition) is 5. The second-order valence-corrected chi connectivity index (χ2v) is 6.88. The Morgan fingerprint density at radius 1 is 1.33 bits per heavy atom. The van der Waals surface area contributed by atoms with Crippen LogP contribution in [0.5, 0.6) is 0 Å². The summed E-state index contributed by atoms with van der Waals surface area (Å²) in [4.78, 5) is 26.1. The number of likely N-dealkylation sites (tertiary alicyclic amines) is 1. The van der Waals surface area contributed by atoms with E-state index >= 15 is 0 Å². The van der Waals surface area contributed by atoms with E-state index in [0.29, 0.717) is 32.0 Å². The SMILES string of the molecule is CCOC(=O)CN1CC2(C)CSCC(C)(C1)C2=O. The van der Waals surface area contributed by atoms with Crippen molar-refractivity contribution >= 4 is 23.5 Å². The highest BCUT2D eigenvalue weighted by Crippen LogP contribution is 2.45. The summed E-state index contributed by atoms with van der Waals surface area (Å²) < 4.78 is 4.99. The predicted octanol–water partition coefficient (Wildman–Crippen LogP) is 1.19. The third kappa shape index (κ3) is 2.43. The van der Waals surface area contributed by atoms with E-state index in [1.807, 2.05) is 32.5 Å². The standard InChI is InChI=1S/C13H21NO3S/c1-4-17-10(15)5-14-6-12(2)8-18-9-13(3,7-14)11(12)16/h4-9H2,1-3H3. The highest BCUT2D eigenvalue weighted by Gasteiger charge is 2.53. The Kier molecular flexibility index (Phi) is 3.74. The molecule has 2 rings (SSSR count). The molecular weight excluding hydrogens is 250 g/mol. The Morgan fingerprint density at radius 2 is 1.89 bits per heavy atom. The summed E-state index contributed by atoms with van der Waals surface area (Å²) in [7, 11) is 0. The third-order valence-electron chi connectivity index (χ3n) is 3.74. The minimum atomic E-state index is -0.303. The molecule has 0 radical (unpaired) electrons. The molecule has 2 heterocycles. The normalized spacial score (nSPS) is 36.5. The van der Waals surface area contributed by atoms with E-state index < -0.39 is 0 Å². The van der Waals surface area contributed by atoms with E-state index in [4.69, 9.17) is 4.74 Å². The van der Waals surface area contributed by atoms with Crippen LogP contribution >= 0.6 is 11.8 Å². The number of fused-ring (bicyclic) bond motifs is 2. The fourth-order valence-corrected chi connectivity index (χ4v) is 4.59. The highest BCUT2D eigenvalue weighted by molar-refractivity contribution is 7.99. The zero-order valence-corrected chi connectivity index (χ0v) is 12.1. The lowest BCUT2D eigenvalue weighted by Gasteiger charge is -2.51. The van der Waals surface area contributed by atoms with Crippen molar-refractivity contribution in [1.82, 2.24) is 4.90 Å². The topological polar surface area (TPSA) is 46.6 Å². The van der Waals surface area contributed by atoms with Crippen LogP contribution < -0.4 is 0 Å². The van der Waals surface area contributed by atoms with Crippen molar-refractivity contribution in [3.63, 3.8) is 0 Å². The number of Topliss-reactive ketones (excluding diaryl/α,β-unsaturated/α-hetero) is 1. The molecule has 0 spiro atoms. The van der Waals surface area contributed by atoms with Crippen LogP contribution in [0.4, 0.5) is 0 Å². The van der Waals surface area contributed by atoms with Gasteiger partial charge in [0.1, 0.15) is 5.78 Å². The second-order valence-electron chi connectivity index (χ2n) is 5.89. The molecule has 2 aliphatic rings. The number of nitrogens with zero attached hydrogens (tertiary/aromatic N) is 1. The molecule has 0 N–H and O–H groups in total. The van der Waals surface area contributed by atoms with Gasteiger partial charge in [0.15, 0.2) is 0 Å². The van der Waals surface area contributed by atoms with Gasteiger partial charge in [-0.3, -0.25) is 14.5 Å². The van der Waals surface area contributed by atoms with E-state index in [0.717, 1.165) is 11.5 Å². The van der Waals surface area contributed by atoms with Crippen molar-refractivity contribution in [1.29, 1.82) is 0 Å². The molecule has 2 saturated heterocycles. The summed E-state index contributed by atoms with van der Waals surface area (Å²) >= 11 is 1.86. The minimum Gasteiger partial charge on any atom is -0.465 e. The Labute approximate surface area is 112 Å². The predicted molar refractivity (Wildman–Crippen MR) is 71.6 cm³/mol. The van der Waals surface area contributed by atoms with E-state index in [1.165, 1.54) is 0 Å². The molecule has 0 aromatic carbocycles. The number of thioether (sulfide) groups is 1. The molecule has 2 atom stereocenters. The van der Waals surface area contributed by atoms with Gasteiger partial charge < -0.3 is 4.74 Å². The monoisotopic (exact) mass is 271 g/mol. The molecule has 4 nitrogen and oxygen atoms in total. The maximum atomic E-state index is 12.5. The molecule has 0 amide bonds. The number of esters is 1. The molecule has 0 saturated carbocycles. The zero-order valence-electron chi connectivity index (χ0n) is 11.3. The largest absolute Gasteiger partial charge is 0.465 e. The maximum Gasteiger partial charge on any atom is 0.320 e. The van der Waals surface area contributed by atoms with Crippen molar-refractivity contribution in [2.24, 2.45) is 10.8 Å². The van der Waals surface area contributed by atoms with Crippen molar-refractivity contribution < 1.29 is 14.3 Å². The van der Waals surface area contributed by atoms with Gasteiger partial charge in [0.25, 0.3) is 0 Å². The first-order valence-electron chi connectivity index (χ1n) is 6.40. The average molecular weight is 271 g/mol. The molecule has 0 aromatic heterocycles. The maximum absolute atomic E-state index is 12.5. The third-order valence-corrected chi connectivity index (χ3v) is 5.42. The molecule has 0 aliphatic carbocycles. The van der Waals surface area contributed by atoms with Gasteiger partial charge in [-0.05, 0) is 6.92 Å². The minimum absolute atomic E-state index is 0.190. The molecule has 18 heavy (non-hydrogen) atoms. The summed E-state index contributed by atoms with van der Waals surface area (Å²) in [6.45, 7) is 7.92. The second kappa shape index (κ2) is 4.85. The Hall–Kier alpha value is -0.550. The molecule has 2 fully saturated rings. The number of rotatable bonds is 3. The lowest BCUT2D eigenvalue weighted by molar-refractivity contribution is -0.151. The fourth-order valence-electron chi connectivity index (χ4n) is 3.14. The van der Waals surface area contributed by atoms with Crippen LogP contribution in [-0.4, -0.2) is 54.4 Å². The van der Waals surface area contributed by atoms with Crippen LogP contribution in [0, 0.1) is 10.8 Å². The van der Waals surface area contributed by atoms with Crippen LogP contribution in [0.2, 0.25) is 0 Å². The van der Waals surface area contributed by atoms with Crippen LogP contribution in [0.25, 0.3) is 0 Å². The summed E-state index contributed by atoms with van der Waals surface area (Å²) in [5.74, 6) is 1.90. The van der Waals surface area contributed by atoms with Gasteiger partial charge in [0, 0.05) is 35.4 Å². The Balaban J connectivity index is 2.09. The summed E-state index contributed by atoms with van der Waals surface area (Å²) in [6, 6.07) is 0. The number of ketones is 1. The van der Waals surface area contributed by atoms with Crippen LogP contribution in [0.3, 0.4) is 0 Å². The van der Waals surface area contributed by atoms with Gasteiger partial charge in [-0.15, -0.1) is 0 Å². The van der Waals surface area contributed by atoms with Gasteiger partial charge in [-0.1, -0.05) is 13.8 Å². The average Bonchev–Trinajstić information content (AvgIpc) is 2.24. The van der Waals surface area contributed by atoms with Crippen LogP contribution in [0.1, 0.15) is 20.8 Å². The molecule has 2 bridgehead atoms. The van der Waals surface area contributed by atoms with Gasteiger partial charge >= 0.3 is 5.97 Å². The van der Waals surface area contributed by atoms with Crippen LogP contribution in [-0.2, 0) is 14.3 Å². The lowest BCUT2D eigenvalue weighted by atomic mass is 9.69. The molecule has 2 unspecified atom stereocenters. The molecule has 102 valence electrons. The summed E-state index contributed by atoms with van der Waals surface area (Å²) in [5, 5.41) is 0. The van der Waals surface area contributed by atoms with Gasteiger partial charge in [0.05, 0.1) is 13.2 Å². The molecule has 0 aromatic rings. The number of piperidine rings is 1. The number of hydrogen-bond donors (Lipinski definition) is 0. The van der Waals surface area contributed by atoms with E-state index in [1.54, 1.807) is 0 Å². The summed E-state index contributed by atoms with van der Waals surface area (Å²) in [6.07, 6.45) is 0. The van der Waals surface area contributed by atoms with E-state index in [-0.39, 0.29) is 16.8 Å². The van der Waals surface area contributed by atoms with Crippen LogP contribution in [0.15, 0.2) is 0 Å². The Morgan fingerprint density at radius 3 is 2.39 bits per heavy atom. The van der Waals surface area contributed by atoms with Crippen molar-refractivity contribution in [3.05, 3.63) is 0 Å². The van der Waals surface area contributed by atoms with Crippen molar-refractivity contribution in [3.8, 4) is 0 Å². The van der Waals surface area contributed by atoms with Crippen molar-refractivity contribution in [2.45, 2.75) is 20.8 Å². The lowest BCUT2D eigenvalue weighted by Crippen LogP contribution is -2.62. The zero-order chi connectivity index (χ0) is 13.4. The van der Waals surface area contributed by atoms with Gasteiger partial charge in [0.2, 0.25) is 0 Å². The first-order valence-corrected chi connectivity index (χ1v) is 7.56. The fraction of sp³-hybridized carbons (Fsp3) is 0.846. The smallest absolute Gasteiger partial charge is 0.320 e. The van der Waals surface area contributed by atoms with Gasteiger partial charge in [-0.25, -0.2) is 0 Å². The first kappa shape index (κ1) is 13.9.